The summed E-state index contributed by atoms with van der Waals surface area (Å²) in [6.07, 6.45) is 6.89. The van der Waals surface area contributed by atoms with E-state index in [4.69, 9.17) is 4.42 Å². The average molecular weight is 321 g/mol. The van der Waals surface area contributed by atoms with Crippen LogP contribution in [0.3, 0.4) is 0 Å². The molecule has 0 aliphatic carbocycles. The van der Waals surface area contributed by atoms with E-state index < -0.39 is 6.10 Å². The lowest BCUT2D eigenvalue weighted by Gasteiger charge is -2.30. The lowest BCUT2D eigenvalue weighted by molar-refractivity contribution is 0.0553. The fraction of sp³-hybridized carbons (Fsp3) is 0.533. The van der Waals surface area contributed by atoms with Crippen molar-refractivity contribution in [3.63, 3.8) is 0 Å². The van der Waals surface area contributed by atoms with Gasteiger partial charge in [-0.05, 0) is 25.0 Å². The molecule has 2 atom stereocenters. The van der Waals surface area contributed by atoms with E-state index in [1.54, 1.807) is 18.4 Å². The molecule has 3 rings (SSSR count). The highest BCUT2D eigenvalue weighted by atomic mass is 32.1. The molecule has 0 radical (unpaired) electrons. The Morgan fingerprint density at radius 1 is 1.50 bits per heavy atom. The van der Waals surface area contributed by atoms with E-state index in [0.29, 0.717) is 24.4 Å². The van der Waals surface area contributed by atoms with Gasteiger partial charge in [0.15, 0.2) is 5.69 Å². The highest BCUT2D eigenvalue weighted by Gasteiger charge is 2.30. The van der Waals surface area contributed by atoms with Crippen molar-refractivity contribution in [2.75, 3.05) is 6.54 Å². The van der Waals surface area contributed by atoms with Crippen LogP contribution in [0.4, 0.5) is 0 Å². The lowest BCUT2D eigenvalue weighted by Crippen LogP contribution is -2.41. The van der Waals surface area contributed by atoms with Gasteiger partial charge in [0.2, 0.25) is 0 Å². The van der Waals surface area contributed by atoms with Crippen LogP contribution in [-0.2, 0) is 0 Å². The van der Waals surface area contributed by atoms with Crippen LogP contribution >= 0.6 is 11.7 Å². The molecule has 1 fully saturated rings. The van der Waals surface area contributed by atoms with E-state index in [1.807, 2.05) is 4.90 Å². The molecule has 2 aromatic heterocycles. The number of rotatable bonds is 4. The molecule has 1 amide bonds. The number of aliphatic hydroxyl groups is 1. The van der Waals surface area contributed by atoms with Crippen molar-refractivity contribution in [3.8, 4) is 0 Å². The second kappa shape index (κ2) is 7.02. The Labute approximate surface area is 133 Å². The Kier molecular flexibility index (Phi) is 4.84. The summed E-state index contributed by atoms with van der Waals surface area (Å²) in [5.41, 5.74) is 0.393. The average Bonchev–Trinajstić information content (AvgIpc) is 3.18. The van der Waals surface area contributed by atoms with Gasteiger partial charge < -0.3 is 14.4 Å². The predicted octanol–water partition coefficient (Wildman–Crippen LogP) is 2.64. The summed E-state index contributed by atoms with van der Waals surface area (Å²) in [6.45, 7) is 0.700. The minimum atomic E-state index is -0.693. The maximum absolute atomic E-state index is 12.6. The summed E-state index contributed by atoms with van der Waals surface area (Å²) in [5.74, 6) is 0.458. The number of nitrogens with zero attached hydrogens (tertiary/aromatic N) is 3. The molecule has 2 aromatic rings. The minimum absolute atomic E-state index is 0.00296. The van der Waals surface area contributed by atoms with E-state index in [2.05, 4.69) is 8.75 Å². The van der Waals surface area contributed by atoms with Gasteiger partial charge in [0.05, 0.1) is 24.2 Å². The largest absolute Gasteiger partial charge is 0.467 e. The molecule has 6 nitrogen and oxygen atoms in total. The van der Waals surface area contributed by atoms with E-state index in [0.717, 1.165) is 37.4 Å². The Balaban J connectivity index is 1.74. The zero-order valence-corrected chi connectivity index (χ0v) is 13.0. The molecule has 1 aliphatic rings. The fourth-order valence-corrected chi connectivity index (χ4v) is 3.36. The predicted molar refractivity (Wildman–Crippen MR) is 81.5 cm³/mol. The summed E-state index contributed by atoms with van der Waals surface area (Å²) in [5, 5.41) is 10.3. The van der Waals surface area contributed by atoms with Crippen molar-refractivity contribution in [1.82, 2.24) is 13.6 Å². The summed E-state index contributed by atoms with van der Waals surface area (Å²) < 4.78 is 13.2. The Bertz CT molecular complexity index is 585. The first-order valence-electron chi connectivity index (χ1n) is 7.55. The van der Waals surface area contributed by atoms with Gasteiger partial charge in [-0.25, -0.2) is 0 Å². The zero-order valence-electron chi connectivity index (χ0n) is 12.2. The molecule has 1 saturated heterocycles. The van der Waals surface area contributed by atoms with Crippen molar-refractivity contribution in [3.05, 3.63) is 36.0 Å². The quantitative estimate of drug-likeness (QED) is 0.936. The molecule has 1 aliphatic heterocycles. The number of carbonyl (C=O) groups excluding carboxylic acids is 1. The van der Waals surface area contributed by atoms with E-state index in [1.165, 1.54) is 6.20 Å². The van der Waals surface area contributed by atoms with E-state index in [-0.39, 0.29) is 11.9 Å². The van der Waals surface area contributed by atoms with Gasteiger partial charge in [0, 0.05) is 19.0 Å². The first kappa shape index (κ1) is 15.2. The number of furan rings is 1. The van der Waals surface area contributed by atoms with Crippen LogP contribution in [-0.4, -0.2) is 37.2 Å². The van der Waals surface area contributed by atoms with Crippen molar-refractivity contribution < 1.29 is 14.3 Å². The van der Waals surface area contributed by atoms with E-state index >= 15 is 0 Å². The van der Waals surface area contributed by atoms with Gasteiger partial charge >= 0.3 is 0 Å². The third-order valence-corrected chi connectivity index (χ3v) is 4.56. The third kappa shape index (κ3) is 3.36. The first-order valence-corrected chi connectivity index (χ1v) is 8.28. The fourth-order valence-electron chi connectivity index (χ4n) is 2.95. The Morgan fingerprint density at radius 3 is 3.14 bits per heavy atom. The van der Waals surface area contributed by atoms with Gasteiger partial charge in [-0.15, -0.1) is 0 Å². The first-order chi connectivity index (χ1) is 10.8. The highest BCUT2D eigenvalue weighted by Crippen LogP contribution is 2.27. The van der Waals surface area contributed by atoms with Gasteiger partial charge in [-0.3, -0.25) is 4.79 Å². The van der Waals surface area contributed by atoms with Crippen LogP contribution in [0.5, 0.6) is 0 Å². The molecular formula is C15H19N3O3S. The molecule has 118 valence electrons. The van der Waals surface area contributed by atoms with Gasteiger partial charge in [-0.2, -0.15) is 8.75 Å². The van der Waals surface area contributed by atoms with Crippen LogP contribution < -0.4 is 0 Å². The lowest BCUT2D eigenvalue weighted by atomic mass is 10.0. The van der Waals surface area contributed by atoms with Crippen molar-refractivity contribution in [2.24, 2.45) is 0 Å². The van der Waals surface area contributed by atoms with Crippen LogP contribution in [0.2, 0.25) is 0 Å². The molecule has 2 unspecified atom stereocenters. The number of hydrogen-bond donors (Lipinski definition) is 1. The van der Waals surface area contributed by atoms with Gasteiger partial charge in [0.1, 0.15) is 11.9 Å². The molecule has 0 aromatic carbocycles. The Hall–Kier alpha value is -1.73. The Morgan fingerprint density at radius 2 is 2.41 bits per heavy atom. The standard InChI is InChI=1S/C15H19N3O3S/c19-13(14-6-4-8-21-14)9-11-5-2-1-3-7-18(11)15(20)12-10-16-22-17-12/h4,6,8,10-11,13,19H,1-3,5,7,9H2. The van der Waals surface area contributed by atoms with Crippen LogP contribution in [0, 0.1) is 0 Å². The number of carbonyl (C=O) groups is 1. The molecule has 0 bridgehead atoms. The highest BCUT2D eigenvalue weighted by molar-refractivity contribution is 6.99. The number of aromatic nitrogens is 2. The molecule has 1 N–H and O–H groups in total. The van der Waals surface area contributed by atoms with Crippen molar-refractivity contribution >= 4 is 17.6 Å². The topological polar surface area (TPSA) is 79.5 Å². The second-order valence-corrected chi connectivity index (χ2v) is 6.12. The zero-order chi connectivity index (χ0) is 15.4. The molecule has 0 saturated carbocycles. The number of amides is 1. The maximum atomic E-state index is 12.6. The monoisotopic (exact) mass is 321 g/mol. The normalized spacial score (nSPS) is 20.6. The number of aliphatic hydroxyl groups excluding tert-OH is 1. The van der Waals surface area contributed by atoms with Gasteiger partial charge in [-0.1, -0.05) is 12.8 Å². The smallest absolute Gasteiger partial charge is 0.275 e. The summed E-state index contributed by atoms with van der Waals surface area (Å²) in [6, 6.07) is 3.52. The maximum Gasteiger partial charge on any atom is 0.275 e. The third-order valence-electron chi connectivity index (χ3n) is 4.09. The van der Waals surface area contributed by atoms with Crippen molar-refractivity contribution in [2.45, 2.75) is 44.2 Å². The van der Waals surface area contributed by atoms with Gasteiger partial charge in [0.25, 0.3) is 5.91 Å². The van der Waals surface area contributed by atoms with E-state index in [9.17, 15) is 9.90 Å². The molecular weight excluding hydrogens is 302 g/mol. The van der Waals surface area contributed by atoms with Crippen molar-refractivity contribution in [1.29, 1.82) is 0 Å². The summed E-state index contributed by atoms with van der Waals surface area (Å²) in [7, 11) is 0. The number of hydrogen-bond acceptors (Lipinski definition) is 6. The molecule has 3 heterocycles. The summed E-state index contributed by atoms with van der Waals surface area (Å²) >= 11 is 1.04. The van der Waals surface area contributed by atoms with Crippen LogP contribution in [0.1, 0.15) is 54.5 Å². The molecule has 22 heavy (non-hydrogen) atoms. The summed E-state index contributed by atoms with van der Waals surface area (Å²) in [4.78, 5) is 14.5. The SMILES string of the molecule is O=C(c1cnsn1)N1CCCCCC1CC(O)c1ccco1. The molecule has 7 heteroatoms. The molecule has 0 spiro atoms. The number of likely N-dealkylation sites (tertiary alicyclic amines) is 1. The van der Waals surface area contributed by atoms with Crippen LogP contribution in [0.25, 0.3) is 0 Å². The van der Waals surface area contributed by atoms with Crippen LogP contribution in [0.15, 0.2) is 29.0 Å². The minimum Gasteiger partial charge on any atom is -0.467 e. The second-order valence-electron chi connectivity index (χ2n) is 5.56.